The van der Waals surface area contributed by atoms with Crippen molar-refractivity contribution in [2.75, 3.05) is 7.11 Å². The van der Waals surface area contributed by atoms with Crippen LogP contribution < -0.4 is 5.32 Å². The number of thiophene rings is 1. The summed E-state index contributed by atoms with van der Waals surface area (Å²) in [6, 6.07) is 10.1. The molecule has 1 heterocycles. The lowest BCUT2D eigenvalue weighted by Gasteiger charge is -2.19. The zero-order valence-corrected chi connectivity index (χ0v) is 16.2. The van der Waals surface area contributed by atoms with E-state index in [2.05, 4.69) is 30.8 Å². The van der Waals surface area contributed by atoms with E-state index in [0.29, 0.717) is 5.56 Å². The molecule has 1 N–H and O–H groups in total. The van der Waals surface area contributed by atoms with Gasteiger partial charge in [0.05, 0.1) is 19.6 Å². The van der Waals surface area contributed by atoms with Crippen LogP contribution in [-0.2, 0) is 19.7 Å². The third kappa shape index (κ3) is 5.02. The van der Waals surface area contributed by atoms with Gasteiger partial charge in [0.15, 0.2) is 0 Å². The number of Topliss-reactive ketones (excluding diaryl/α,β-unsaturated/α-hetero) is 1. The van der Waals surface area contributed by atoms with E-state index in [0.717, 1.165) is 10.4 Å². The number of hydrogen-bond acceptors (Lipinski definition) is 5. The van der Waals surface area contributed by atoms with Crippen molar-refractivity contribution in [2.24, 2.45) is 0 Å². The molecule has 138 valence electrons. The zero-order valence-electron chi connectivity index (χ0n) is 15.4. The Labute approximate surface area is 157 Å². The smallest absolute Gasteiger partial charge is 0.307 e. The summed E-state index contributed by atoms with van der Waals surface area (Å²) in [5.74, 6) is -1.82. The van der Waals surface area contributed by atoms with E-state index >= 15 is 0 Å². The van der Waals surface area contributed by atoms with Crippen LogP contribution in [0.1, 0.15) is 54.0 Å². The summed E-state index contributed by atoms with van der Waals surface area (Å²) >= 11 is 1.40. The molecule has 1 aromatic heterocycles. The van der Waals surface area contributed by atoms with Crippen LogP contribution in [0.3, 0.4) is 0 Å². The van der Waals surface area contributed by atoms with Crippen molar-refractivity contribution in [3.8, 4) is 0 Å². The lowest BCUT2D eigenvalue weighted by Crippen LogP contribution is -2.35. The maximum atomic E-state index is 12.4. The normalized spacial score (nSPS) is 12.3. The van der Waals surface area contributed by atoms with Crippen LogP contribution in [0.25, 0.3) is 0 Å². The first-order valence-corrected chi connectivity index (χ1v) is 9.16. The molecule has 0 saturated heterocycles. The summed E-state index contributed by atoms with van der Waals surface area (Å²) in [5, 5.41) is 4.49. The predicted octanol–water partition coefficient (Wildman–Crippen LogP) is 3.65. The molecule has 2 aromatic rings. The predicted molar refractivity (Wildman–Crippen MR) is 101 cm³/mol. The average molecular weight is 373 g/mol. The number of methoxy groups -OCH3 is 1. The van der Waals surface area contributed by atoms with Crippen molar-refractivity contribution in [3.05, 3.63) is 57.8 Å². The van der Waals surface area contributed by atoms with Gasteiger partial charge in [-0.25, -0.2) is 0 Å². The first kappa shape index (κ1) is 19.8. The van der Waals surface area contributed by atoms with E-state index in [4.69, 9.17) is 0 Å². The molecule has 1 amide bonds. The molecule has 0 fully saturated rings. The van der Waals surface area contributed by atoms with Crippen LogP contribution in [0.4, 0.5) is 0 Å². The minimum Gasteiger partial charge on any atom is -0.469 e. The second kappa shape index (κ2) is 8.27. The van der Waals surface area contributed by atoms with Gasteiger partial charge in [0.2, 0.25) is 5.78 Å². The number of hydrogen-bond donors (Lipinski definition) is 1. The minimum atomic E-state index is -0.740. The number of carbonyl (C=O) groups is 3. The maximum absolute atomic E-state index is 12.4. The van der Waals surface area contributed by atoms with E-state index in [-0.39, 0.29) is 11.8 Å². The molecule has 0 aliphatic rings. The van der Waals surface area contributed by atoms with E-state index < -0.39 is 23.7 Å². The summed E-state index contributed by atoms with van der Waals surface area (Å²) in [6.45, 7) is 6.24. The monoisotopic (exact) mass is 373 g/mol. The Kier molecular flexibility index (Phi) is 6.32. The summed E-state index contributed by atoms with van der Waals surface area (Å²) in [4.78, 5) is 37.2. The van der Waals surface area contributed by atoms with Gasteiger partial charge in [-0.15, -0.1) is 11.3 Å². The number of benzene rings is 1. The van der Waals surface area contributed by atoms with Gasteiger partial charge >= 0.3 is 5.97 Å². The number of amides is 1. The third-order valence-corrected chi connectivity index (χ3v) is 5.00. The number of nitrogens with one attached hydrogen (secondary N) is 1. The fourth-order valence-electron chi connectivity index (χ4n) is 2.44. The lowest BCUT2D eigenvalue weighted by molar-refractivity contribution is -0.141. The Morgan fingerprint density at radius 1 is 1.12 bits per heavy atom. The van der Waals surface area contributed by atoms with Gasteiger partial charge in [-0.1, -0.05) is 51.1 Å². The zero-order chi connectivity index (χ0) is 19.3. The van der Waals surface area contributed by atoms with Crippen molar-refractivity contribution in [1.82, 2.24) is 5.32 Å². The molecule has 26 heavy (non-hydrogen) atoms. The highest BCUT2D eigenvalue weighted by atomic mass is 32.1. The SMILES string of the molecule is COC(=O)CC(NC(=O)C(=O)c1ccc(C(C)(C)C)cc1)c1cccs1. The molecule has 1 aromatic carbocycles. The highest BCUT2D eigenvalue weighted by Gasteiger charge is 2.24. The number of carbonyl (C=O) groups excluding carboxylic acids is 3. The van der Waals surface area contributed by atoms with Crippen LogP contribution in [0.15, 0.2) is 41.8 Å². The van der Waals surface area contributed by atoms with Gasteiger partial charge < -0.3 is 10.1 Å². The fourth-order valence-corrected chi connectivity index (χ4v) is 3.22. The molecule has 1 atom stereocenters. The number of esters is 1. The Morgan fingerprint density at radius 2 is 1.77 bits per heavy atom. The van der Waals surface area contributed by atoms with Crippen LogP contribution in [0.2, 0.25) is 0 Å². The van der Waals surface area contributed by atoms with E-state index in [1.165, 1.54) is 18.4 Å². The van der Waals surface area contributed by atoms with Crippen molar-refractivity contribution >= 4 is 29.0 Å². The second-order valence-electron chi connectivity index (χ2n) is 6.98. The molecule has 0 aliphatic heterocycles. The van der Waals surface area contributed by atoms with Gasteiger partial charge in [-0.05, 0) is 22.4 Å². The van der Waals surface area contributed by atoms with Gasteiger partial charge in [-0.3, -0.25) is 14.4 Å². The first-order valence-electron chi connectivity index (χ1n) is 8.28. The second-order valence-corrected chi connectivity index (χ2v) is 7.96. The molecule has 0 spiro atoms. The Bertz CT molecular complexity index is 773. The molecule has 0 aliphatic carbocycles. The van der Waals surface area contributed by atoms with Crippen LogP contribution in [-0.4, -0.2) is 24.8 Å². The molecule has 2 rings (SSSR count). The highest BCUT2D eigenvalue weighted by molar-refractivity contribution is 7.10. The summed E-state index contributed by atoms with van der Waals surface area (Å²) < 4.78 is 4.68. The maximum Gasteiger partial charge on any atom is 0.307 e. The van der Waals surface area contributed by atoms with E-state index in [9.17, 15) is 14.4 Å². The molecule has 1 unspecified atom stereocenters. The minimum absolute atomic E-state index is 0.0288. The highest BCUT2D eigenvalue weighted by Crippen LogP contribution is 2.24. The molecular formula is C20H23NO4S. The van der Waals surface area contributed by atoms with E-state index in [1.807, 2.05) is 23.6 Å². The Hall–Kier alpha value is -2.47. The molecule has 0 saturated carbocycles. The topological polar surface area (TPSA) is 72.5 Å². The van der Waals surface area contributed by atoms with Gasteiger partial charge in [-0.2, -0.15) is 0 Å². The van der Waals surface area contributed by atoms with Gasteiger partial charge in [0.1, 0.15) is 0 Å². The molecule has 6 heteroatoms. The summed E-state index contributed by atoms with van der Waals surface area (Å²) in [7, 11) is 1.29. The summed E-state index contributed by atoms with van der Waals surface area (Å²) in [5.41, 5.74) is 1.37. The fraction of sp³-hybridized carbons (Fsp3) is 0.350. The lowest BCUT2D eigenvalue weighted by atomic mass is 9.86. The standard InChI is InChI=1S/C20H23NO4S/c1-20(2,3)14-9-7-13(8-10-14)18(23)19(24)21-15(12-17(22)25-4)16-6-5-11-26-16/h5-11,15H,12H2,1-4H3,(H,21,24). The van der Waals surface area contributed by atoms with Crippen molar-refractivity contribution in [3.63, 3.8) is 0 Å². The number of ether oxygens (including phenoxy) is 1. The molecule has 5 nitrogen and oxygen atoms in total. The first-order chi connectivity index (χ1) is 12.2. The third-order valence-electron chi connectivity index (χ3n) is 4.01. The van der Waals surface area contributed by atoms with Gasteiger partial charge in [0.25, 0.3) is 5.91 Å². The van der Waals surface area contributed by atoms with Gasteiger partial charge in [0, 0.05) is 10.4 Å². The Balaban J connectivity index is 2.13. The number of ketones is 1. The largest absolute Gasteiger partial charge is 0.469 e. The molecular weight excluding hydrogens is 350 g/mol. The van der Waals surface area contributed by atoms with Crippen molar-refractivity contribution < 1.29 is 19.1 Å². The average Bonchev–Trinajstić information content (AvgIpc) is 3.14. The quantitative estimate of drug-likeness (QED) is 0.477. The Morgan fingerprint density at radius 3 is 2.27 bits per heavy atom. The van der Waals surface area contributed by atoms with Crippen LogP contribution >= 0.6 is 11.3 Å². The van der Waals surface area contributed by atoms with E-state index in [1.54, 1.807) is 18.2 Å². The van der Waals surface area contributed by atoms with Crippen LogP contribution in [0, 0.1) is 0 Å². The molecule has 0 bridgehead atoms. The number of rotatable bonds is 6. The molecule has 0 radical (unpaired) electrons. The van der Waals surface area contributed by atoms with Crippen molar-refractivity contribution in [1.29, 1.82) is 0 Å². The van der Waals surface area contributed by atoms with Crippen molar-refractivity contribution in [2.45, 2.75) is 38.6 Å². The van der Waals surface area contributed by atoms with Crippen LogP contribution in [0.5, 0.6) is 0 Å². The summed E-state index contributed by atoms with van der Waals surface area (Å²) in [6.07, 6.45) is -0.0288.